The van der Waals surface area contributed by atoms with E-state index in [-0.39, 0.29) is 6.04 Å². The molecular weight excluding hydrogens is 256 g/mol. The predicted molar refractivity (Wildman–Crippen MR) is 84.8 cm³/mol. The Labute approximate surface area is 124 Å². The van der Waals surface area contributed by atoms with Gasteiger partial charge in [-0.3, -0.25) is 4.98 Å². The first-order chi connectivity index (χ1) is 10.4. The Bertz CT molecular complexity index is 720. The van der Waals surface area contributed by atoms with Crippen LogP contribution < -0.4 is 5.32 Å². The number of rotatable bonds is 3. The third-order valence-corrected chi connectivity index (χ3v) is 4.07. The monoisotopic (exact) mass is 272 g/mol. The largest absolute Gasteiger partial charge is 0.302 e. The van der Waals surface area contributed by atoms with Crippen LogP contribution in [0.1, 0.15) is 22.7 Å². The van der Waals surface area contributed by atoms with Gasteiger partial charge in [-0.2, -0.15) is 0 Å². The van der Waals surface area contributed by atoms with Crippen molar-refractivity contribution in [3.63, 3.8) is 0 Å². The number of hydrogen-bond acceptors (Lipinski definition) is 2. The third-order valence-electron chi connectivity index (χ3n) is 4.07. The SMILES string of the molecule is c1cncc(CNC2c3ccccc3-c3ccccc32)c1. The van der Waals surface area contributed by atoms with Crippen LogP contribution >= 0.6 is 0 Å². The van der Waals surface area contributed by atoms with Gasteiger partial charge in [0.25, 0.3) is 0 Å². The summed E-state index contributed by atoms with van der Waals surface area (Å²) in [6.45, 7) is 0.821. The molecule has 2 nitrogen and oxygen atoms in total. The minimum Gasteiger partial charge on any atom is -0.302 e. The normalized spacial score (nSPS) is 13.0. The molecule has 2 aromatic carbocycles. The van der Waals surface area contributed by atoms with Crippen molar-refractivity contribution in [3.05, 3.63) is 89.7 Å². The van der Waals surface area contributed by atoms with E-state index in [0.717, 1.165) is 6.54 Å². The van der Waals surface area contributed by atoms with Crippen molar-refractivity contribution in [2.24, 2.45) is 0 Å². The van der Waals surface area contributed by atoms with Crippen LogP contribution in [0.4, 0.5) is 0 Å². The standard InChI is InChI=1S/C19H16N2/c1-3-9-17-15(7-1)16-8-2-4-10-18(16)19(17)21-13-14-6-5-11-20-12-14/h1-12,19,21H,13H2. The molecule has 0 amide bonds. The Morgan fingerprint density at radius 3 is 2.10 bits per heavy atom. The maximum Gasteiger partial charge on any atom is 0.0591 e. The van der Waals surface area contributed by atoms with E-state index in [0.29, 0.717) is 0 Å². The molecule has 1 aliphatic rings. The molecule has 0 saturated heterocycles. The Morgan fingerprint density at radius 1 is 0.810 bits per heavy atom. The van der Waals surface area contributed by atoms with Crippen LogP contribution in [0.5, 0.6) is 0 Å². The molecule has 1 N–H and O–H groups in total. The zero-order chi connectivity index (χ0) is 14.1. The van der Waals surface area contributed by atoms with Gasteiger partial charge in [-0.25, -0.2) is 0 Å². The van der Waals surface area contributed by atoms with Crippen molar-refractivity contribution >= 4 is 0 Å². The van der Waals surface area contributed by atoms with Gasteiger partial charge in [-0.15, -0.1) is 0 Å². The minimum absolute atomic E-state index is 0.262. The summed E-state index contributed by atoms with van der Waals surface area (Å²) in [5.41, 5.74) is 6.62. The van der Waals surface area contributed by atoms with Gasteiger partial charge in [0.15, 0.2) is 0 Å². The first-order valence-electron chi connectivity index (χ1n) is 7.24. The Hall–Kier alpha value is -2.45. The summed E-state index contributed by atoms with van der Waals surface area (Å²) >= 11 is 0. The van der Waals surface area contributed by atoms with E-state index < -0.39 is 0 Å². The van der Waals surface area contributed by atoms with E-state index in [1.165, 1.54) is 27.8 Å². The molecule has 21 heavy (non-hydrogen) atoms. The Kier molecular flexibility index (Phi) is 3.02. The number of hydrogen-bond donors (Lipinski definition) is 1. The van der Waals surface area contributed by atoms with E-state index >= 15 is 0 Å². The molecule has 4 rings (SSSR count). The van der Waals surface area contributed by atoms with Gasteiger partial charge < -0.3 is 5.32 Å². The van der Waals surface area contributed by atoms with E-state index in [9.17, 15) is 0 Å². The number of pyridine rings is 1. The highest BCUT2D eigenvalue weighted by molar-refractivity contribution is 5.78. The van der Waals surface area contributed by atoms with Crippen LogP contribution in [-0.4, -0.2) is 4.98 Å². The van der Waals surface area contributed by atoms with E-state index in [1.807, 2.05) is 18.5 Å². The molecule has 0 aliphatic heterocycles. The minimum atomic E-state index is 0.262. The predicted octanol–water partition coefficient (Wildman–Crippen LogP) is 3.94. The van der Waals surface area contributed by atoms with Gasteiger partial charge in [0.2, 0.25) is 0 Å². The zero-order valence-electron chi connectivity index (χ0n) is 11.7. The first-order valence-corrected chi connectivity index (χ1v) is 7.24. The topological polar surface area (TPSA) is 24.9 Å². The smallest absolute Gasteiger partial charge is 0.0591 e. The Morgan fingerprint density at radius 2 is 1.48 bits per heavy atom. The van der Waals surface area contributed by atoms with Crippen LogP contribution in [0, 0.1) is 0 Å². The quantitative estimate of drug-likeness (QED) is 0.781. The van der Waals surface area contributed by atoms with E-state index in [2.05, 4.69) is 64.9 Å². The molecule has 3 aromatic rings. The molecule has 0 bridgehead atoms. The molecule has 0 radical (unpaired) electrons. The average Bonchev–Trinajstić information content (AvgIpc) is 2.88. The van der Waals surface area contributed by atoms with Crippen molar-refractivity contribution in [1.29, 1.82) is 0 Å². The molecule has 0 unspecified atom stereocenters. The second-order valence-electron chi connectivity index (χ2n) is 5.35. The lowest BCUT2D eigenvalue weighted by molar-refractivity contribution is 0.614. The fourth-order valence-electron chi connectivity index (χ4n) is 3.10. The molecule has 0 spiro atoms. The van der Waals surface area contributed by atoms with Crippen LogP contribution in [0.3, 0.4) is 0 Å². The molecule has 0 saturated carbocycles. The maximum atomic E-state index is 4.18. The average molecular weight is 272 g/mol. The molecule has 102 valence electrons. The van der Waals surface area contributed by atoms with Crippen LogP contribution in [0.15, 0.2) is 73.1 Å². The highest BCUT2D eigenvalue weighted by Crippen LogP contribution is 2.43. The fraction of sp³-hybridized carbons (Fsp3) is 0.105. The lowest BCUT2D eigenvalue weighted by Crippen LogP contribution is -2.20. The summed E-state index contributed by atoms with van der Waals surface area (Å²) in [7, 11) is 0. The number of fused-ring (bicyclic) bond motifs is 3. The summed E-state index contributed by atoms with van der Waals surface area (Å²) in [5, 5.41) is 3.67. The number of nitrogens with one attached hydrogen (secondary N) is 1. The van der Waals surface area contributed by atoms with E-state index in [1.54, 1.807) is 0 Å². The van der Waals surface area contributed by atoms with Crippen molar-refractivity contribution in [3.8, 4) is 11.1 Å². The molecule has 0 fully saturated rings. The Balaban J connectivity index is 1.69. The van der Waals surface area contributed by atoms with Crippen molar-refractivity contribution in [2.75, 3.05) is 0 Å². The lowest BCUT2D eigenvalue weighted by Gasteiger charge is -2.15. The lowest BCUT2D eigenvalue weighted by atomic mass is 10.1. The van der Waals surface area contributed by atoms with Crippen LogP contribution in [-0.2, 0) is 6.54 Å². The van der Waals surface area contributed by atoms with Gasteiger partial charge in [-0.05, 0) is 33.9 Å². The number of benzene rings is 2. The summed E-state index contributed by atoms with van der Waals surface area (Å²) < 4.78 is 0. The fourth-order valence-corrected chi connectivity index (χ4v) is 3.10. The van der Waals surface area contributed by atoms with Gasteiger partial charge in [-0.1, -0.05) is 54.6 Å². The zero-order valence-corrected chi connectivity index (χ0v) is 11.7. The van der Waals surface area contributed by atoms with E-state index in [4.69, 9.17) is 0 Å². The van der Waals surface area contributed by atoms with Gasteiger partial charge >= 0.3 is 0 Å². The summed E-state index contributed by atoms with van der Waals surface area (Å²) in [6.07, 6.45) is 3.73. The third kappa shape index (κ3) is 2.14. The summed E-state index contributed by atoms with van der Waals surface area (Å²) in [6, 6.07) is 21.6. The highest BCUT2D eigenvalue weighted by atomic mass is 14.9. The molecule has 2 heteroatoms. The van der Waals surface area contributed by atoms with Crippen LogP contribution in [0.25, 0.3) is 11.1 Å². The number of aromatic nitrogens is 1. The maximum absolute atomic E-state index is 4.18. The van der Waals surface area contributed by atoms with Gasteiger partial charge in [0.1, 0.15) is 0 Å². The van der Waals surface area contributed by atoms with Crippen molar-refractivity contribution in [1.82, 2.24) is 10.3 Å². The van der Waals surface area contributed by atoms with Gasteiger partial charge in [0, 0.05) is 18.9 Å². The van der Waals surface area contributed by atoms with Crippen molar-refractivity contribution in [2.45, 2.75) is 12.6 Å². The first kappa shape index (κ1) is 12.3. The second-order valence-corrected chi connectivity index (χ2v) is 5.35. The summed E-state index contributed by atoms with van der Waals surface area (Å²) in [5.74, 6) is 0. The molecule has 1 heterocycles. The van der Waals surface area contributed by atoms with Crippen molar-refractivity contribution < 1.29 is 0 Å². The molecule has 1 aromatic heterocycles. The number of nitrogens with zero attached hydrogens (tertiary/aromatic N) is 1. The molecular formula is C19H16N2. The van der Waals surface area contributed by atoms with Gasteiger partial charge in [0.05, 0.1) is 6.04 Å². The highest BCUT2D eigenvalue weighted by Gasteiger charge is 2.27. The molecule has 0 atom stereocenters. The van der Waals surface area contributed by atoms with Crippen LogP contribution in [0.2, 0.25) is 0 Å². The molecule has 1 aliphatic carbocycles. The second kappa shape index (κ2) is 5.15. The summed E-state index contributed by atoms with van der Waals surface area (Å²) in [4.78, 5) is 4.18.